The van der Waals surface area contributed by atoms with E-state index in [2.05, 4.69) is 16.0 Å². The first-order valence-electron chi connectivity index (χ1n) is 15.4. The summed E-state index contributed by atoms with van der Waals surface area (Å²) in [5, 5.41) is 10.5. The number of hydrogen-bond acceptors (Lipinski definition) is 4. The Bertz CT molecular complexity index is 1000. The number of rotatable bonds is 8. The molecule has 7 nitrogen and oxygen atoms in total. The van der Waals surface area contributed by atoms with Gasteiger partial charge in [0, 0.05) is 42.7 Å². The Morgan fingerprint density at radius 2 is 1.70 bits per heavy atom. The predicted octanol–water partition coefficient (Wildman–Crippen LogP) is 4.86. The summed E-state index contributed by atoms with van der Waals surface area (Å²) in [5.74, 6) is 0.543. The molecular weight excluding hydrogens is 524 g/mol. The maximum Gasteiger partial charge on any atom is 0.227 e. The largest absolute Gasteiger partial charge is 0.352 e. The lowest BCUT2D eigenvalue weighted by molar-refractivity contribution is -0.146. The van der Waals surface area contributed by atoms with Gasteiger partial charge in [0.2, 0.25) is 17.7 Å². The molecule has 0 bridgehead atoms. The van der Waals surface area contributed by atoms with Gasteiger partial charge in [-0.05, 0) is 95.9 Å². The average Bonchev–Trinajstić information content (AvgIpc) is 2.94. The van der Waals surface area contributed by atoms with Crippen molar-refractivity contribution in [1.82, 2.24) is 20.9 Å². The Morgan fingerprint density at radius 3 is 2.30 bits per heavy atom. The summed E-state index contributed by atoms with van der Waals surface area (Å²) < 4.78 is 0. The SMILES string of the molecule is CC(C)(C)NC(=O)C1(C2CCCCC2)CCN(C(=O)C[C@@H](Cc2ccc(Cl)cc2)NC(=O)[C@@H]2CCCNC2)CC1. The summed E-state index contributed by atoms with van der Waals surface area (Å²) in [6.45, 7) is 8.91. The van der Waals surface area contributed by atoms with Crippen LogP contribution < -0.4 is 16.0 Å². The van der Waals surface area contributed by atoms with Crippen LogP contribution in [0.15, 0.2) is 24.3 Å². The third kappa shape index (κ3) is 8.22. The fourth-order valence-corrected chi connectivity index (χ4v) is 7.04. The third-order valence-corrected chi connectivity index (χ3v) is 9.42. The maximum atomic E-state index is 13.7. The monoisotopic (exact) mass is 572 g/mol. The summed E-state index contributed by atoms with van der Waals surface area (Å²) in [6.07, 6.45) is 9.87. The van der Waals surface area contributed by atoms with E-state index in [1.807, 2.05) is 49.9 Å². The van der Waals surface area contributed by atoms with Gasteiger partial charge in [-0.25, -0.2) is 0 Å². The molecule has 0 spiro atoms. The Balaban J connectivity index is 1.43. The van der Waals surface area contributed by atoms with Crippen molar-refractivity contribution in [3.05, 3.63) is 34.9 Å². The fourth-order valence-electron chi connectivity index (χ4n) is 6.91. The standard InChI is InChI=1S/C32H49ClN4O3/c1-31(2,3)36-30(40)32(25-9-5-4-6-10-25)15-18-37(19-16-32)28(38)21-27(20-23-11-13-26(33)14-12-23)35-29(39)24-8-7-17-34-22-24/h11-14,24-25,27,34H,4-10,15-22H2,1-3H3,(H,35,39)(H,36,40)/t24-,27-/m1/s1. The lowest BCUT2D eigenvalue weighted by atomic mass is 9.63. The molecule has 2 heterocycles. The van der Waals surface area contributed by atoms with E-state index in [1.165, 1.54) is 19.3 Å². The zero-order chi connectivity index (χ0) is 28.8. The number of halogens is 1. The van der Waals surface area contributed by atoms with Crippen LogP contribution in [0.2, 0.25) is 5.02 Å². The van der Waals surface area contributed by atoms with E-state index >= 15 is 0 Å². The van der Waals surface area contributed by atoms with E-state index in [9.17, 15) is 14.4 Å². The second-order valence-electron chi connectivity index (χ2n) is 13.4. The van der Waals surface area contributed by atoms with Crippen LogP contribution in [-0.4, -0.2) is 60.4 Å². The van der Waals surface area contributed by atoms with Gasteiger partial charge in [-0.1, -0.05) is 43.0 Å². The first-order valence-corrected chi connectivity index (χ1v) is 15.8. The average molecular weight is 573 g/mol. The number of benzene rings is 1. The molecule has 0 unspecified atom stereocenters. The highest BCUT2D eigenvalue weighted by atomic mass is 35.5. The smallest absolute Gasteiger partial charge is 0.227 e. The zero-order valence-corrected chi connectivity index (χ0v) is 25.5. The van der Waals surface area contributed by atoms with E-state index in [4.69, 9.17) is 11.6 Å². The molecule has 0 aromatic heterocycles. The van der Waals surface area contributed by atoms with Gasteiger partial charge in [0.1, 0.15) is 0 Å². The molecule has 40 heavy (non-hydrogen) atoms. The van der Waals surface area contributed by atoms with Crippen LogP contribution in [-0.2, 0) is 20.8 Å². The van der Waals surface area contributed by atoms with Crippen molar-refractivity contribution in [3.8, 4) is 0 Å². The lowest BCUT2D eigenvalue weighted by Gasteiger charge is -2.47. The molecular formula is C32H49ClN4O3. The van der Waals surface area contributed by atoms with Crippen molar-refractivity contribution in [2.75, 3.05) is 26.2 Å². The molecule has 3 aliphatic rings. The molecule has 3 amide bonds. The van der Waals surface area contributed by atoms with Crippen LogP contribution >= 0.6 is 11.6 Å². The summed E-state index contributed by atoms with van der Waals surface area (Å²) in [4.78, 5) is 42.4. The summed E-state index contributed by atoms with van der Waals surface area (Å²) in [7, 11) is 0. The van der Waals surface area contributed by atoms with Gasteiger partial charge < -0.3 is 20.9 Å². The number of amides is 3. The van der Waals surface area contributed by atoms with Crippen molar-refractivity contribution < 1.29 is 14.4 Å². The number of hydrogen-bond donors (Lipinski definition) is 3. The fraction of sp³-hybridized carbons (Fsp3) is 0.719. The van der Waals surface area contributed by atoms with Crippen molar-refractivity contribution in [3.63, 3.8) is 0 Å². The molecule has 8 heteroatoms. The Morgan fingerprint density at radius 1 is 1.02 bits per heavy atom. The quantitative estimate of drug-likeness (QED) is 0.415. The first-order chi connectivity index (χ1) is 19.1. The van der Waals surface area contributed by atoms with E-state index in [0.29, 0.717) is 49.8 Å². The Kier molecular flexibility index (Phi) is 10.6. The summed E-state index contributed by atoms with van der Waals surface area (Å²) >= 11 is 6.09. The van der Waals surface area contributed by atoms with Crippen LogP contribution in [0.1, 0.15) is 90.5 Å². The maximum absolute atomic E-state index is 13.7. The van der Waals surface area contributed by atoms with Gasteiger partial charge in [-0.2, -0.15) is 0 Å². The molecule has 2 aliphatic heterocycles. The van der Waals surface area contributed by atoms with Gasteiger partial charge >= 0.3 is 0 Å². The topological polar surface area (TPSA) is 90.5 Å². The molecule has 1 aliphatic carbocycles. The number of carbonyl (C=O) groups is 3. The molecule has 4 rings (SSSR count). The van der Waals surface area contributed by atoms with E-state index in [0.717, 1.165) is 37.8 Å². The van der Waals surface area contributed by atoms with Gasteiger partial charge in [0.25, 0.3) is 0 Å². The number of nitrogens with one attached hydrogen (secondary N) is 3. The molecule has 2 atom stereocenters. The summed E-state index contributed by atoms with van der Waals surface area (Å²) in [6, 6.07) is 7.32. The minimum absolute atomic E-state index is 0.0211. The van der Waals surface area contributed by atoms with E-state index in [1.54, 1.807) is 0 Å². The van der Waals surface area contributed by atoms with Gasteiger partial charge in [-0.15, -0.1) is 0 Å². The van der Waals surface area contributed by atoms with Crippen LogP contribution in [0, 0.1) is 17.3 Å². The molecule has 222 valence electrons. The zero-order valence-electron chi connectivity index (χ0n) is 24.7. The van der Waals surface area contributed by atoms with Crippen LogP contribution in [0.5, 0.6) is 0 Å². The highest BCUT2D eigenvalue weighted by molar-refractivity contribution is 6.30. The molecule has 3 fully saturated rings. The second-order valence-corrected chi connectivity index (χ2v) is 13.8. The van der Waals surface area contributed by atoms with Crippen molar-refractivity contribution in [1.29, 1.82) is 0 Å². The number of likely N-dealkylation sites (tertiary alicyclic amines) is 1. The molecule has 3 N–H and O–H groups in total. The van der Waals surface area contributed by atoms with Crippen LogP contribution in [0.25, 0.3) is 0 Å². The number of carbonyl (C=O) groups excluding carboxylic acids is 3. The van der Waals surface area contributed by atoms with Gasteiger partial charge in [0.15, 0.2) is 0 Å². The number of nitrogens with zero attached hydrogens (tertiary/aromatic N) is 1. The van der Waals surface area contributed by atoms with Crippen molar-refractivity contribution >= 4 is 29.3 Å². The molecule has 1 aromatic rings. The van der Waals surface area contributed by atoms with Crippen molar-refractivity contribution in [2.45, 2.75) is 103 Å². The molecule has 0 radical (unpaired) electrons. The van der Waals surface area contributed by atoms with Crippen LogP contribution in [0.4, 0.5) is 0 Å². The minimum atomic E-state index is -0.407. The lowest BCUT2D eigenvalue weighted by Crippen LogP contribution is -2.57. The Labute approximate surface area is 245 Å². The van der Waals surface area contributed by atoms with Crippen LogP contribution in [0.3, 0.4) is 0 Å². The first kappa shape index (κ1) is 30.8. The van der Waals surface area contributed by atoms with E-state index < -0.39 is 5.41 Å². The second kappa shape index (κ2) is 13.7. The normalized spacial score (nSPS) is 22.8. The minimum Gasteiger partial charge on any atom is -0.352 e. The van der Waals surface area contributed by atoms with E-state index in [-0.39, 0.29) is 41.6 Å². The van der Waals surface area contributed by atoms with Gasteiger partial charge in [-0.3, -0.25) is 14.4 Å². The van der Waals surface area contributed by atoms with Gasteiger partial charge in [0.05, 0.1) is 11.3 Å². The Hall–Kier alpha value is -2.12. The highest BCUT2D eigenvalue weighted by Crippen LogP contribution is 2.46. The third-order valence-electron chi connectivity index (χ3n) is 9.17. The van der Waals surface area contributed by atoms with Crippen molar-refractivity contribution in [2.24, 2.45) is 17.3 Å². The highest BCUT2D eigenvalue weighted by Gasteiger charge is 2.48. The number of piperidine rings is 2. The molecule has 1 saturated carbocycles. The molecule has 2 saturated heterocycles. The summed E-state index contributed by atoms with van der Waals surface area (Å²) in [5.41, 5.74) is 0.347. The molecule has 1 aromatic carbocycles. The predicted molar refractivity (Wildman–Crippen MR) is 160 cm³/mol.